The Bertz CT molecular complexity index is 1470. The van der Waals surface area contributed by atoms with Gasteiger partial charge in [0.25, 0.3) is 0 Å². The lowest BCUT2D eigenvalue weighted by Crippen LogP contribution is -2.26. The Labute approximate surface area is 236 Å². The fraction of sp³-hybridized carbons (Fsp3) is 0.364. The predicted octanol–water partition coefficient (Wildman–Crippen LogP) is 8.15. The SMILES string of the molecule is CCCCc1nc2c(NC(=O)CCC)cccc2n1Cc1ccc(-c2ccccc2OC(=O)OC(C)(C)C)cc1. The number of para-hydroxylation sites is 2. The van der Waals surface area contributed by atoms with Crippen LogP contribution in [-0.4, -0.2) is 27.2 Å². The Morgan fingerprint density at radius 1 is 0.925 bits per heavy atom. The lowest BCUT2D eigenvalue weighted by Gasteiger charge is -2.19. The standard InChI is InChI=1S/C33H39N3O4/c1-6-8-17-29-35-31-26(34-30(37)12-7-2)14-11-15-27(31)36(29)22-23-18-20-24(21-19-23)25-13-9-10-16-28(25)39-32(38)40-33(3,4)5/h9-11,13-16,18-21H,6-8,12,17,22H2,1-5H3,(H,34,37). The van der Waals surface area contributed by atoms with Crippen LogP contribution in [0.3, 0.4) is 0 Å². The van der Waals surface area contributed by atoms with Gasteiger partial charge in [-0.2, -0.15) is 0 Å². The first kappa shape index (κ1) is 28.9. The van der Waals surface area contributed by atoms with E-state index in [2.05, 4.69) is 35.0 Å². The van der Waals surface area contributed by atoms with Crippen molar-refractivity contribution in [2.75, 3.05) is 5.32 Å². The maximum Gasteiger partial charge on any atom is 0.514 e. The molecule has 0 spiro atoms. The first-order chi connectivity index (χ1) is 19.2. The number of fused-ring (bicyclic) bond motifs is 1. The minimum atomic E-state index is -0.728. The van der Waals surface area contributed by atoms with Gasteiger partial charge in [-0.15, -0.1) is 0 Å². The number of hydrogen-bond acceptors (Lipinski definition) is 5. The lowest BCUT2D eigenvalue weighted by atomic mass is 10.0. The van der Waals surface area contributed by atoms with Crippen LogP contribution in [0.2, 0.25) is 0 Å². The second-order valence-corrected chi connectivity index (χ2v) is 10.9. The van der Waals surface area contributed by atoms with Crippen LogP contribution in [0.25, 0.3) is 22.2 Å². The third kappa shape index (κ3) is 7.29. The number of carbonyl (C=O) groups is 2. The quantitative estimate of drug-likeness (QED) is 0.162. The highest BCUT2D eigenvalue weighted by Crippen LogP contribution is 2.31. The summed E-state index contributed by atoms with van der Waals surface area (Å²) in [5, 5.41) is 3.04. The second-order valence-electron chi connectivity index (χ2n) is 10.9. The third-order valence-corrected chi connectivity index (χ3v) is 6.44. The normalized spacial score (nSPS) is 11.4. The summed E-state index contributed by atoms with van der Waals surface area (Å²) in [7, 11) is 0. The van der Waals surface area contributed by atoms with Crippen molar-refractivity contribution in [1.82, 2.24) is 9.55 Å². The highest BCUT2D eigenvalue weighted by Gasteiger charge is 2.20. The van der Waals surface area contributed by atoms with Crippen molar-refractivity contribution in [3.63, 3.8) is 0 Å². The van der Waals surface area contributed by atoms with Crippen molar-refractivity contribution in [3.8, 4) is 16.9 Å². The molecule has 1 N–H and O–H groups in total. The molecule has 1 amide bonds. The summed E-state index contributed by atoms with van der Waals surface area (Å²) >= 11 is 0. The van der Waals surface area contributed by atoms with E-state index in [1.807, 2.05) is 49.4 Å². The molecule has 0 saturated heterocycles. The van der Waals surface area contributed by atoms with Gasteiger partial charge in [-0.05, 0) is 62.9 Å². The van der Waals surface area contributed by atoms with E-state index < -0.39 is 11.8 Å². The molecule has 1 heterocycles. The molecule has 0 aliphatic carbocycles. The summed E-state index contributed by atoms with van der Waals surface area (Å²) in [5.74, 6) is 1.46. The number of carbonyl (C=O) groups excluding carboxylic acids is 2. The van der Waals surface area contributed by atoms with Gasteiger partial charge < -0.3 is 19.4 Å². The van der Waals surface area contributed by atoms with E-state index in [0.29, 0.717) is 18.7 Å². The van der Waals surface area contributed by atoms with Crippen LogP contribution in [0.4, 0.5) is 10.5 Å². The molecule has 3 aromatic carbocycles. The molecule has 0 atom stereocenters. The monoisotopic (exact) mass is 541 g/mol. The Balaban J connectivity index is 1.61. The smallest absolute Gasteiger partial charge is 0.428 e. The van der Waals surface area contributed by atoms with Crippen molar-refractivity contribution in [2.45, 2.75) is 78.9 Å². The molecule has 4 aromatic rings. The second kappa shape index (κ2) is 12.8. The van der Waals surface area contributed by atoms with Gasteiger partial charge >= 0.3 is 6.16 Å². The summed E-state index contributed by atoms with van der Waals surface area (Å²) in [6, 6.07) is 21.6. The number of hydrogen-bond donors (Lipinski definition) is 1. The number of ether oxygens (including phenoxy) is 2. The van der Waals surface area contributed by atoms with E-state index in [1.54, 1.807) is 26.8 Å². The third-order valence-electron chi connectivity index (χ3n) is 6.44. The molecule has 0 unspecified atom stereocenters. The van der Waals surface area contributed by atoms with Gasteiger partial charge in [-0.3, -0.25) is 4.79 Å². The first-order valence-corrected chi connectivity index (χ1v) is 14.1. The van der Waals surface area contributed by atoms with E-state index >= 15 is 0 Å². The summed E-state index contributed by atoms with van der Waals surface area (Å²) in [5.41, 5.74) is 4.80. The fourth-order valence-electron chi connectivity index (χ4n) is 4.56. The van der Waals surface area contributed by atoms with Crippen LogP contribution >= 0.6 is 0 Å². The van der Waals surface area contributed by atoms with Gasteiger partial charge in [0.1, 0.15) is 22.7 Å². The van der Waals surface area contributed by atoms with E-state index in [1.165, 1.54) is 0 Å². The van der Waals surface area contributed by atoms with E-state index in [0.717, 1.165) is 64.9 Å². The molecule has 7 nitrogen and oxygen atoms in total. The van der Waals surface area contributed by atoms with Gasteiger partial charge in [0.15, 0.2) is 0 Å². The summed E-state index contributed by atoms with van der Waals surface area (Å²) in [6.45, 7) is 10.2. The van der Waals surface area contributed by atoms with Gasteiger partial charge in [-0.25, -0.2) is 9.78 Å². The summed E-state index contributed by atoms with van der Waals surface area (Å²) < 4.78 is 13.1. The number of benzene rings is 3. The predicted molar refractivity (Wildman–Crippen MR) is 160 cm³/mol. The van der Waals surface area contributed by atoms with Crippen LogP contribution in [0.1, 0.15) is 71.7 Å². The molecule has 0 fully saturated rings. The number of rotatable bonds is 10. The van der Waals surface area contributed by atoms with E-state index in [4.69, 9.17) is 14.5 Å². The van der Waals surface area contributed by atoms with Crippen molar-refractivity contribution >= 4 is 28.8 Å². The number of imidazole rings is 1. The molecule has 4 rings (SSSR count). The zero-order valence-electron chi connectivity index (χ0n) is 24.1. The molecule has 0 radical (unpaired) electrons. The van der Waals surface area contributed by atoms with Gasteiger partial charge in [0, 0.05) is 24.9 Å². The molecular weight excluding hydrogens is 502 g/mol. The molecule has 40 heavy (non-hydrogen) atoms. The molecule has 7 heteroatoms. The highest BCUT2D eigenvalue weighted by molar-refractivity contribution is 5.99. The average Bonchev–Trinajstić information content (AvgIpc) is 3.25. The largest absolute Gasteiger partial charge is 0.514 e. The first-order valence-electron chi connectivity index (χ1n) is 14.1. The molecule has 0 saturated carbocycles. The Morgan fingerprint density at radius 3 is 2.38 bits per heavy atom. The van der Waals surface area contributed by atoms with Crippen LogP contribution in [0.5, 0.6) is 5.75 Å². The molecule has 0 aliphatic rings. The minimum absolute atomic E-state index is 0.00572. The van der Waals surface area contributed by atoms with Gasteiger partial charge in [0.05, 0.1) is 11.2 Å². The lowest BCUT2D eigenvalue weighted by molar-refractivity contribution is -0.116. The molecule has 210 valence electrons. The molecular formula is C33H39N3O4. The summed E-state index contributed by atoms with van der Waals surface area (Å²) in [4.78, 5) is 29.6. The number of unbranched alkanes of at least 4 members (excludes halogenated alkanes) is 1. The number of nitrogens with zero attached hydrogens (tertiary/aromatic N) is 2. The van der Waals surface area contributed by atoms with Gasteiger partial charge in [-0.1, -0.05) is 68.8 Å². The molecule has 1 aromatic heterocycles. The zero-order valence-corrected chi connectivity index (χ0v) is 24.1. The zero-order chi connectivity index (χ0) is 28.7. The maximum atomic E-state index is 12.3. The number of anilines is 1. The van der Waals surface area contributed by atoms with Crippen molar-refractivity contribution < 1.29 is 19.1 Å². The maximum absolute atomic E-state index is 12.3. The van der Waals surface area contributed by atoms with E-state index in [-0.39, 0.29) is 5.91 Å². The van der Waals surface area contributed by atoms with Crippen LogP contribution < -0.4 is 10.1 Å². The Morgan fingerprint density at radius 2 is 1.68 bits per heavy atom. The number of aromatic nitrogens is 2. The van der Waals surface area contributed by atoms with Crippen molar-refractivity contribution in [2.24, 2.45) is 0 Å². The number of amides is 1. The molecule has 0 bridgehead atoms. The van der Waals surface area contributed by atoms with Crippen LogP contribution in [0, 0.1) is 0 Å². The van der Waals surface area contributed by atoms with Crippen LogP contribution in [-0.2, 0) is 22.5 Å². The van der Waals surface area contributed by atoms with Gasteiger partial charge in [0.2, 0.25) is 5.91 Å². The summed E-state index contributed by atoms with van der Waals surface area (Å²) in [6.07, 6.45) is 3.52. The van der Waals surface area contributed by atoms with E-state index in [9.17, 15) is 9.59 Å². The van der Waals surface area contributed by atoms with Crippen molar-refractivity contribution in [3.05, 3.63) is 78.1 Å². The molecule has 0 aliphatic heterocycles. The Kier molecular flexibility index (Phi) is 9.25. The van der Waals surface area contributed by atoms with Crippen molar-refractivity contribution in [1.29, 1.82) is 0 Å². The fourth-order valence-corrected chi connectivity index (χ4v) is 4.56. The average molecular weight is 542 g/mol. The topological polar surface area (TPSA) is 82.5 Å². The number of aryl methyl sites for hydroxylation is 1. The highest BCUT2D eigenvalue weighted by atomic mass is 16.7. The van der Waals surface area contributed by atoms with Crippen LogP contribution in [0.15, 0.2) is 66.7 Å². The Hall–Kier alpha value is -4.13. The minimum Gasteiger partial charge on any atom is -0.428 e. The number of nitrogens with one attached hydrogen (secondary N) is 1.